The third kappa shape index (κ3) is 2.79. The van der Waals surface area contributed by atoms with Crippen LogP contribution in [0.15, 0.2) is 35.1 Å². The number of nitrogens with zero attached hydrogens (tertiary/aromatic N) is 1. The molecular formula is C18H24N2O2. The minimum absolute atomic E-state index is 0.00208. The van der Waals surface area contributed by atoms with Crippen molar-refractivity contribution in [3.8, 4) is 17.0 Å². The van der Waals surface area contributed by atoms with Crippen LogP contribution >= 0.6 is 0 Å². The number of aromatic nitrogens is 1. The first-order chi connectivity index (χ1) is 10.5. The maximum atomic E-state index is 12.9. The topological polar surface area (TPSA) is 57.2 Å². The van der Waals surface area contributed by atoms with Crippen molar-refractivity contribution in [2.45, 2.75) is 39.8 Å². The number of pyridine rings is 1. The summed E-state index contributed by atoms with van der Waals surface area (Å²) in [5.41, 5.74) is 9.18. The summed E-state index contributed by atoms with van der Waals surface area (Å²) in [5.74, 6) is 0.763. The van der Waals surface area contributed by atoms with Crippen LogP contribution in [0.5, 0.6) is 5.75 Å². The summed E-state index contributed by atoms with van der Waals surface area (Å²) in [4.78, 5) is 12.9. The normalized spacial score (nSPS) is 12.2. The first-order valence-electron chi connectivity index (χ1n) is 7.63. The molecule has 4 heteroatoms. The zero-order valence-corrected chi connectivity index (χ0v) is 13.7. The quantitative estimate of drug-likeness (QED) is 0.922. The molecular weight excluding hydrogens is 276 g/mol. The van der Waals surface area contributed by atoms with Crippen molar-refractivity contribution in [3.63, 3.8) is 0 Å². The van der Waals surface area contributed by atoms with E-state index in [9.17, 15) is 4.79 Å². The number of nitrogens with two attached hydrogens (primary N) is 1. The van der Waals surface area contributed by atoms with Gasteiger partial charge in [0, 0.05) is 23.7 Å². The molecule has 0 bridgehead atoms. The van der Waals surface area contributed by atoms with E-state index in [0.717, 1.165) is 29.0 Å². The molecule has 1 aromatic heterocycles. The van der Waals surface area contributed by atoms with Crippen molar-refractivity contribution in [2.75, 3.05) is 7.11 Å². The highest BCUT2D eigenvalue weighted by Gasteiger charge is 2.18. The number of para-hydroxylation sites is 1. The van der Waals surface area contributed by atoms with Crippen molar-refractivity contribution in [1.82, 2.24) is 4.57 Å². The zero-order valence-electron chi connectivity index (χ0n) is 13.7. The Bertz CT molecular complexity index is 720. The van der Waals surface area contributed by atoms with Crippen molar-refractivity contribution in [2.24, 2.45) is 5.73 Å². The summed E-state index contributed by atoms with van der Waals surface area (Å²) in [6.45, 7) is 6.32. The molecule has 0 saturated heterocycles. The predicted molar refractivity (Wildman–Crippen MR) is 90.3 cm³/mol. The molecule has 1 atom stereocenters. The Morgan fingerprint density at radius 3 is 2.59 bits per heavy atom. The number of benzene rings is 1. The van der Waals surface area contributed by atoms with Gasteiger partial charge in [0.1, 0.15) is 5.75 Å². The van der Waals surface area contributed by atoms with Gasteiger partial charge in [-0.15, -0.1) is 0 Å². The molecule has 0 radical (unpaired) electrons. The lowest BCUT2D eigenvalue weighted by atomic mass is 10.0. The Balaban J connectivity index is 2.83. The number of aryl methyl sites for hydroxylation is 1. The van der Waals surface area contributed by atoms with E-state index in [2.05, 4.69) is 13.8 Å². The number of methoxy groups -OCH3 is 1. The molecule has 2 rings (SSSR count). The highest BCUT2D eigenvalue weighted by molar-refractivity contribution is 5.68. The maximum absolute atomic E-state index is 12.9. The molecule has 1 unspecified atom stereocenters. The summed E-state index contributed by atoms with van der Waals surface area (Å²) in [6, 6.07) is 9.90. The molecule has 0 aliphatic rings. The largest absolute Gasteiger partial charge is 0.496 e. The summed E-state index contributed by atoms with van der Waals surface area (Å²) in [6.07, 6.45) is 0.870. The van der Waals surface area contributed by atoms with Gasteiger partial charge in [-0.2, -0.15) is 0 Å². The van der Waals surface area contributed by atoms with Gasteiger partial charge in [-0.05, 0) is 44.0 Å². The lowest BCUT2D eigenvalue weighted by Crippen LogP contribution is -2.30. The second kappa shape index (κ2) is 6.79. The Labute approximate surface area is 131 Å². The second-order valence-electron chi connectivity index (χ2n) is 5.53. The van der Waals surface area contributed by atoms with Crippen molar-refractivity contribution >= 4 is 0 Å². The first kappa shape index (κ1) is 16.3. The number of hydrogen-bond donors (Lipinski definition) is 1. The smallest absolute Gasteiger partial charge is 0.256 e. The number of rotatable bonds is 5. The van der Waals surface area contributed by atoms with Gasteiger partial charge in [0.2, 0.25) is 0 Å². The Morgan fingerprint density at radius 2 is 2.00 bits per heavy atom. The Kier molecular flexibility index (Phi) is 5.03. The molecule has 2 aromatic rings. The molecule has 0 aliphatic heterocycles. The van der Waals surface area contributed by atoms with E-state index in [0.29, 0.717) is 5.56 Å². The average molecular weight is 300 g/mol. The highest BCUT2D eigenvalue weighted by Crippen LogP contribution is 2.31. The number of ether oxygens (including phenoxy) is 1. The van der Waals surface area contributed by atoms with Gasteiger partial charge in [0.15, 0.2) is 0 Å². The molecule has 22 heavy (non-hydrogen) atoms. The summed E-state index contributed by atoms with van der Waals surface area (Å²) >= 11 is 0. The highest BCUT2D eigenvalue weighted by atomic mass is 16.5. The van der Waals surface area contributed by atoms with E-state index < -0.39 is 0 Å². The fraction of sp³-hybridized carbons (Fsp3) is 0.389. The molecule has 1 heterocycles. The molecule has 0 spiro atoms. The van der Waals surface area contributed by atoms with E-state index in [1.165, 1.54) is 0 Å². The Hall–Kier alpha value is -2.07. The molecule has 2 N–H and O–H groups in total. The summed E-state index contributed by atoms with van der Waals surface area (Å²) < 4.78 is 7.30. The lowest BCUT2D eigenvalue weighted by Gasteiger charge is -2.22. The van der Waals surface area contributed by atoms with Gasteiger partial charge < -0.3 is 15.0 Å². The maximum Gasteiger partial charge on any atom is 0.256 e. The van der Waals surface area contributed by atoms with Crippen molar-refractivity contribution < 1.29 is 4.74 Å². The molecule has 1 aromatic carbocycles. The summed E-state index contributed by atoms with van der Waals surface area (Å²) in [7, 11) is 1.64. The fourth-order valence-electron chi connectivity index (χ4n) is 2.72. The molecule has 0 fully saturated rings. The standard InChI is InChI=1S/C18H24N2O2/c1-5-13(3)20-16(10-12(2)15(11-19)18(20)21)14-8-6-7-9-17(14)22-4/h6-10,13H,5,11,19H2,1-4H3. The molecule has 4 nitrogen and oxygen atoms in total. The van der Waals surface area contributed by atoms with Crippen molar-refractivity contribution in [1.29, 1.82) is 0 Å². The fourth-order valence-corrected chi connectivity index (χ4v) is 2.72. The van der Waals surface area contributed by atoms with Gasteiger partial charge in [-0.1, -0.05) is 19.1 Å². The zero-order chi connectivity index (χ0) is 16.3. The van der Waals surface area contributed by atoms with Gasteiger partial charge in [0.25, 0.3) is 5.56 Å². The monoisotopic (exact) mass is 300 g/mol. The van der Waals surface area contributed by atoms with E-state index in [1.54, 1.807) is 7.11 Å². The minimum atomic E-state index is -0.00208. The van der Waals surface area contributed by atoms with Crippen LogP contribution in [0, 0.1) is 6.92 Å². The molecule has 0 saturated carbocycles. The molecule has 0 amide bonds. The lowest BCUT2D eigenvalue weighted by molar-refractivity contribution is 0.415. The van der Waals surface area contributed by atoms with E-state index in [-0.39, 0.29) is 18.1 Å². The van der Waals surface area contributed by atoms with Crippen LogP contribution in [-0.2, 0) is 6.54 Å². The van der Waals surface area contributed by atoms with Gasteiger partial charge in [-0.3, -0.25) is 4.79 Å². The Morgan fingerprint density at radius 1 is 1.32 bits per heavy atom. The van der Waals surface area contributed by atoms with E-state index in [1.807, 2.05) is 41.8 Å². The molecule has 0 aliphatic carbocycles. The third-order valence-corrected chi connectivity index (χ3v) is 4.18. The first-order valence-corrected chi connectivity index (χ1v) is 7.63. The third-order valence-electron chi connectivity index (χ3n) is 4.18. The van der Waals surface area contributed by atoms with Crippen LogP contribution in [0.2, 0.25) is 0 Å². The minimum Gasteiger partial charge on any atom is -0.496 e. The van der Waals surface area contributed by atoms with Crippen molar-refractivity contribution in [3.05, 3.63) is 51.8 Å². The van der Waals surface area contributed by atoms with Crippen LogP contribution < -0.4 is 16.0 Å². The van der Waals surface area contributed by atoms with Gasteiger partial charge in [-0.25, -0.2) is 0 Å². The molecule has 118 valence electrons. The van der Waals surface area contributed by atoms with Gasteiger partial charge in [0.05, 0.1) is 12.8 Å². The van der Waals surface area contributed by atoms with Crippen LogP contribution in [-0.4, -0.2) is 11.7 Å². The van der Waals surface area contributed by atoms with Crippen LogP contribution in [0.25, 0.3) is 11.3 Å². The summed E-state index contributed by atoms with van der Waals surface area (Å²) in [5, 5.41) is 0. The second-order valence-corrected chi connectivity index (χ2v) is 5.53. The number of hydrogen-bond acceptors (Lipinski definition) is 3. The van der Waals surface area contributed by atoms with E-state index >= 15 is 0 Å². The van der Waals surface area contributed by atoms with Crippen LogP contribution in [0.1, 0.15) is 37.4 Å². The van der Waals surface area contributed by atoms with Crippen LogP contribution in [0.3, 0.4) is 0 Å². The van der Waals surface area contributed by atoms with Crippen LogP contribution in [0.4, 0.5) is 0 Å². The predicted octanol–water partition coefficient (Wildman–Crippen LogP) is 3.26. The average Bonchev–Trinajstić information content (AvgIpc) is 2.54. The van der Waals surface area contributed by atoms with E-state index in [4.69, 9.17) is 10.5 Å². The van der Waals surface area contributed by atoms with Gasteiger partial charge >= 0.3 is 0 Å². The SMILES string of the molecule is CCC(C)n1c(-c2ccccc2OC)cc(C)c(CN)c1=O.